The van der Waals surface area contributed by atoms with E-state index in [9.17, 15) is 9.59 Å². The third-order valence-corrected chi connectivity index (χ3v) is 5.39. The highest BCUT2D eigenvalue weighted by atomic mass is 32.1. The van der Waals surface area contributed by atoms with Crippen LogP contribution in [0.5, 0.6) is 0 Å². The maximum Gasteiger partial charge on any atom is 0.251 e. The zero-order chi connectivity index (χ0) is 17.1. The smallest absolute Gasteiger partial charge is 0.251 e. The predicted molar refractivity (Wildman–Crippen MR) is 98.1 cm³/mol. The highest BCUT2D eigenvalue weighted by molar-refractivity contribution is 7.17. The monoisotopic (exact) mass is 340 g/mol. The predicted octanol–water partition coefficient (Wildman–Crippen LogP) is 3.62. The number of thiophene rings is 1. The Labute approximate surface area is 145 Å². The molecule has 0 radical (unpaired) electrons. The molecule has 0 saturated carbocycles. The van der Waals surface area contributed by atoms with Crippen LogP contribution in [0.4, 0.5) is 5.00 Å². The SMILES string of the molecule is CC1CCc2c(sc(NC(=O)C=Cc3ccccc3)c2C(N)=O)C1. The fourth-order valence-electron chi connectivity index (χ4n) is 2.99. The second-order valence-corrected chi connectivity index (χ2v) is 7.26. The van der Waals surface area contributed by atoms with Crippen molar-refractivity contribution in [2.75, 3.05) is 5.32 Å². The molecule has 5 heteroatoms. The fourth-order valence-corrected chi connectivity index (χ4v) is 4.41. The Morgan fingerprint density at radius 3 is 2.75 bits per heavy atom. The van der Waals surface area contributed by atoms with Gasteiger partial charge in [-0.3, -0.25) is 9.59 Å². The number of benzene rings is 1. The average molecular weight is 340 g/mol. The molecule has 1 aliphatic carbocycles. The minimum atomic E-state index is -0.468. The van der Waals surface area contributed by atoms with Gasteiger partial charge in [0.25, 0.3) is 5.91 Å². The van der Waals surface area contributed by atoms with Crippen LogP contribution in [0.2, 0.25) is 0 Å². The molecule has 0 aliphatic heterocycles. The maximum absolute atomic E-state index is 12.2. The largest absolute Gasteiger partial charge is 0.365 e. The van der Waals surface area contributed by atoms with Crippen molar-refractivity contribution in [1.29, 1.82) is 0 Å². The summed E-state index contributed by atoms with van der Waals surface area (Å²) in [6, 6.07) is 9.59. The number of primary amides is 1. The summed E-state index contributed by atoms with van der Waals surface area (Å²) in [5.74, 6) is -0.129. The van der Waals surface area contributed by atoms with Gasteiger partial charge in [0, 0.05) is 11.0 Å². The van der Waals surface area contributed by atoms with Crippen molar-refractivity contribution in [3.05, 3.63) is 58.0 Å². The molecule has 1 aromatic carbocycles. The van der Waals surface area contributed by atoms with Crippen molar-refractivity contribution in [3.8, 4) is 0 Å². The molecule has 4 nitrogen and oxygen atoms in total. The lowest BCUT2D eigenvalue weighted by atomic mass is 9.88. The maximum atomic E-state index is 12.2. The number of carbonyl (C=O) groups is 2. The number of hydrogen-bond acceptors (Lipinski definition) is 3. The summed E-state index contributed by atoms with van der Waals surface area (Å²) in [7, 11) is 0. The van der Waals surface area contributed by atoms with Gasteiger partial charge in [0.1, 0.15) is 5.00 Å². The van der Waals surface area contributed by atoms with E-state index >= 15 is 0 Å². The van der Waals surface area contributed by atoms with Crippen LogP contribution in [-0.2, 0) is 17.6 Å². The highest BCUT2D eigenvalue weighted by Gasteiger charge is 2.26. The highest BCUT2D eigenvalue weighted by Crippen LogP contribution is 2.39. The molecule has 1 atom stereocenters. The van der Waals surface area contributed by atoms with Gasteiger partial charge in [-0.2, -0.15) is 0 Å². The van der Waals surface area contributed by atoms with Crippen LogP contribution >= 0.6 is 11.3 Å². The number of amides is 2. The number of rotatable bonds is 4. The molecule has 1 aliphatic rings. The van der Waals surface area contributed by atoms with Crippen molar-refractivity contribution in [2.45, 2.75) is 26.2 Å². The van der Waals surface area contributed by atoms with E-state index in [2.05, 4.69) is 12.2 Å². The van der Waals surface area contributed by atoms with E-state index < -0.39 is 5.91 Å². The molecule has 2 aromatic rings. The number of anilines is 1. The normalized spacial score (nSPS) is 16.8. The number of nitrogens with one attached hydrogen (secondary N) is 1. The van der Waals surface area contributed by atoms with Crippen LogP contribution in [0.25, 0.3) is 6.08 Å². The summed E-state index contributed by atoms with van der Waals surface area (Å²) in [5, 5.41) is 3.40. The molecule has 0 spiro atoms. The van der Waals surface area contributed by atoms with Crippen molar-refractivity contribution in [3.63, 3.8) is 0 Å². The summed E-state index contributed by atoms with van der Waals surface area (Å²) < 4.78 is 0. The molecule has 1 heterocycles. The van der Waals surface area contributed by atoms with E-state index in [1.165, 1.54) is 22.3 Å². The van der Waals surface area contributed by atoms with Crippen molar-refractivity contribution in [1.82, 2.24) is 0 Å². The molecule has 3 rings (SSSR count). The van der Waals surface area contributed by atoms with Crippen LogP contribution < -0.4 is 11.1 Å². The van der Waals surface area contributed by atoms with E-state index in [4.69, 9.17) is 5.73 Å². The van der Waals surface area contributed by atoms with E-state index in [1.807, 2.05) is 30.3 Å². The summed E-state index contributed by atoms with van der Waals surface area (Å²) in [6.45, 7) is 2.20. The lowest BCUT2D eigenvalue weighted by Crippen LogP contribution is -2.18. The number of carbonyl (C=O) groups excluding carboxylic acids is 2. The lowest BCUT2D eigenvalue weighted by molar-refractivity contribution is -0.111. The average Bonchev–Trinajstić information content (AvgIpc) is 2.90. The van der Waals surface area contributed by atoms with Crippen LogP contribution in [-0.4, -0.2) is 11.8 Å². The number of fused-ring (bicyclic) bond motifs is 1. The number of nitrogens with two attached hydrogens (primary N) is 1. The first-order chi connectivity index (χ1) is 11.5. The van der Waals surface area contributed by atoms with Crippen molar-refractivity contribution >= 4 is 34.2 Å². The Morgan fingerprint density at radius 1 is 1.29 bits per heavy atom. The van der Waals surface area contributed by atoms with Crippen LogP contribution in [0.3, 0.4) is 0 Å². The van der Waals surface area contributed by atoms with Gasteiger partial charge in [0.2, 0.25) is 5.91 Å². The van der Waals surface area contributed by atoms with Gasteiger partial charge in [-0.25, -0.2) is 0 Å². The summed E-state index contributed by atoms with van der Waals surface area (Å²) in [6.07, 6.45) is 6.05. The first-order valence-electron chi connectivity index (χ1n) is 8.03. The standard InChI is InChI=1S/C19H20N2O2S/c1-12-7-9-14-15(11-12)24-19(17(14)18(20)23)21-16(22)10-8-13-5-3-2-4-6-13/h2-6,8,10,12H,7,9,11H2,1H3,(H2,20,23)(H,21,22). The molecule has 2 amide bonds. The third kappa shape index (κ3) is 3.57. The van der Waals surface area contributed by atoms with Gasteiger partial charge < -0.3 is 11.1 Å². The van der Waals surface area contributed by atoms with Crippen LogP contribution in [0, 0.1) is 5.92 Å². The van der Waals surface area contributed by atoms with E-state index in [0.717, 1.165) is 30.4 Å². The second kappa shape index (κ2) is 7.01. The molecule has 1 aromatic heterocycles. The first-order valence-corrected chi connectivity index (χ1v) is 8.84. The van der Waals surface area contributed by atoms with Crippen molar-refractivity contribution in [2.24, 2.45) is 11.7 Å². The first kappa shape index (κ1) is 16.5. The van der Waals surface area contributed by atoms with Gasteiger partial charge in [-0.1, -0.05) is 37.3 Å². The molecule has 1 unspecified atom stereocenters. The van der Waals surface area contributed by atoms with Gasteiger partial charge in [-0.15, -0.1) is 11.3 Å². The molecule has 24 heavy (non-hydrogen) atoms. The molecule has 124 valence electrons. The number of hydrogen-bond donors (Lipinski definition) is 2. The fraction of sp³-hybridized carbons (Fsp3) is 0.263. The second-order valence-electron chi connectivity index (χ2n) is 6.15. The molecular formula is C19H20N2O2S. The van der Waals surface area contributed by atoms with Gasteiger partial charge in [0.05, 0.1) is 5.56 Å². The van der Waals surface area contributed by atoms with Gasteiger partial charge in [0.15, 0.2) is 0 Å². The third-order valence-electron chi connectivity index (χ3n) is 4.22. The zero-order valence-electron chi connectivity index (χ0n) is 13.5. The quantitative estimate of drug-likeness (QED) is 0.834. The lowest BCUT2D eigenvalue weighted by Gasteiger charge is -2.18. The van der Waals surface area contributed by atoms with E-state index in [1.54, 1.807) is 6.08 Å². The molecular weight excluding hydrogens is 320 g/mol. The van der Waals surface area contributed by atoms with Crippen LogP contribution in [0.15, 0.2) is 36.4 Å². The van der Waals surface area contributed by atoms with E-state index in [0.29, 0.717) is 16.5 Å². The Kier molecular flexibility index (Phi) is 4.81. The van der Waals surface area contributed by atoms with E-state index in [-0.39, 0.29) is 5.91 Å². The summed E-state index contributed by atoms with van der Waals surface area (Å²) >= 11 is 1.48. The molecule has 0 fully saturated rings. The summed E-state index contributed by atoms with van der Waals surface area (Å²) in [4.78, 5) is 25.2. The van der Waals surface area contributed by atoms with Crippen LogP contribution in [0.1, 0.15) is 39.7 Å². The zero-order valence-corrected chi connectivity index (χ0v) is 14.4. The van der Waals surface area contributed by atoms with Gasteiger partial charge in [-0.05, 0) is 42.4 Å². The minimum absolute atomic E-state index is 0.256. The minimum Gasteiger partial charge on any atom is -0.365 e. The Hall–Kier alpha value is -2.40. The Morgan fingerprint density at radius 2 is 2.04 bits per heavy atom. The molecule has 0 bridgehead atoms. The Balaban J connectivity index is 1.81. The molecule has 0 saturated heterocycles. The molecule has 3 N–H and O–H groups in total. The van der Waals surface area contributed by atoms with Crippen molar-refractivity contribution < 1.29 is 9.59 Å². The van der Waals surface area contributed by atoms with Gasteiger partial charge >= 0.3 is 0 Å². The Bertz CT molecular complexity index is 793. The topological polar surface area (TPSA) is 72.2 Å². The summed E-state index contributed by atoms with van der Waals surface area (Å²) in [5.41, 5.74) is 8.01.